The van der Waals surface area contributed by atoms with Crippen LogP contribution in [0.3, 0.4) is 0 Å². The Bertz CT molecular complexity index is 318. The van der Waals surface area contributed by atoms with Crippen LogP contribution >= 0.6 is 0 Å². The number of ether oxygens (including phenoxy) is 1. The van der Waals surface area contributed by atoms with E-state index in [4.69, 9.17) is 4.74 Å². The van der Waals surface area contributed by atoms with Crippen LogP contribution in [0.4, 0.5) is 0 Å². The molecule has 0 aromatic heterocycles. The van der Waals surface area contributed by atoms with Gasteiger partial charge >= 0.3 is 0 Å². The zero-order chi connectivity index (χ0) is 12.8. The smallest absolute Gasteiger partial charge is 0.118 e. The summed E-state index contributed by atoms with van der Waals surface area (Å²) in [7, 11) is 1.70. The second-order valence-corrected chi connectivity index (χ2v) is 5.19. The van der Waals surface area contributed by atoms with Gasteiger partial charge < -0.3 is 10.1 Å². The van der Waals surface area contributed by atoms with Gasteiger partial charge in [-0.1, -0.05) is 26.0 Å². The normalized spacial score (nSPS) is 14.7. The van der Waals surface area contributed by atoms with Crippen molar-refractivity contribution < 1.29 is 4.74 Å². The molecule has 0 fully saturated rings. The van der Waals surface area contributed by atoms with Gasteiger partial charge in [-0.15, -0.1) is 0 Å². The number of benzene rings is 1. The van der Waals surface area contributed by atoms with Crippen LogP contribution in [0.5, 0.6) is 5.75 Å². The van der Waals surface area contributed by atoms with E-state index in [9.17, 15) is 0 Å². The van der Waals surface area contributed by atoms with Gasteiger partial charge in [-0.05, 0) is 43.9 Å². The molecule has 0 spiro atoms. The summed E-state index contributed by atoms with van der Waals surface area (Å²) in [6, 6.07) is 9.21. The minimum Gasteiger partial charge on any atom is -0.497 e. The molecule has 2 nitrogen and oxygen atoms in total. The van der Waals surface area contributed by atoms with Gasteiger partial charge in [-0.3, -0.25) is 0 Å². The summed E-state index contributed by atoms with van der Waals surface area (Å²) in [5.41, 5.74) is 1.31. The lowest BCUT2D eigenvalue weighted by Crippen LogP contribution is -2.30. The maximum atomic E-state index is 5.16. The van der Waals surface area contributed by atoms with Crippen LogP contribution in [-0.2, 0) is 0 Å². The predicted octanol–water partition coefficient (Wildman–Crippen LogP) is 3.78. The molecular formula is C15H25NO. The summed E-state index contributed by atoms with van der Waals surface area (Å²) in [5.74, 6) is 1.65. The molecule has 0 aliphatic carbocycles. The molecule has 0 heterocycles. The third kappa shape index (κ3) is 4.78. The standard InChI is InChI=1S/C15H25NO/c1-11(2)10-12(3)16-13(4)14-6-8-15(17-5)9-7-14/h6-9,11-13,16H,10H2,1-5H3/t12?,13-/m0/s1. The van der Waals surface area contributed by atoms with Crippen LogP contribution in [-0.4, -0.2) is 13.2 Å². The van der Waals surface area contributed by atoms with E-state index in [-0.39, 0.29) is 0 Å². The molecular weight excluding hydrogens is 210 g/mol. The van der Waals surface area contributed by atoms with Crippen LogP contribution in [0.2, 0.25) is 0 Å². The van der Waals surface area contributed by atoms with E-state index in [2.05, 4.69) is 45.1 Å². The maximum Gasteiger partial charge on any atom is 0.118 e. The highest BCUT2D eigenvalue weighted by Gasteiger charge is 2.10. The third-order valence-electron chi connectivity index (χ3n) is 2.98. The summed E-state index contributed by atoms with van der Waals surface area (Å²) in [5, 5.41) is 3.62. The average Bonchev–Trinajstić information content (AvgIpc) is 2.28. The molecule has 0 bridgehead atoms. The Morgan fingerprint density at radius 1 is 1.06 bits per heavy atom. The van der Waals surface area contributed by atoms with Crippen LogP contribution < -0.4 is 10.1 Å². The second kappa shape index (κ2) is 6.65. The quantitative estimate of drug-likeness (QED) is 0.810. The average molecular weight is 235 g/mol. The Balaban J connectivity index is 2.53. The Labute approximate surface area is 105 Å². The fourth-order valence-electron chi connectivity index (χ4n) is 2.19. The van der Waals surface area contributed by atoms with Gasteiger partial charge in [-0.2, -0.15) is 0 Å². The number of rotatable bonds is 6. The van der Waals surface area contributed by atoms with Gasteiger partial charge in [0, 0.05) is 12.1 Å². The first-order chi connectivity index (χ1) is 8.02. The number of hydrogen-bond donors (Lipinski definition) is 1. The molecule has 0 saturated heterocycles. The molecule has 1 aromatic carbocycles. The monoisotopic (exact) mass is 235 g/mol. The van der Waals surface area contributed by atoms with E-state index in [1.165, 1.54) is 12.0 Å². The number of nitrogens with one attached hydrogen (secondary N) is 1. The minimum absolute atomic E-state index is 0.384. The highest BCUT2D eigenvalue weighted by atomic mass is 16.5. The first kappa shape index (κ1) is 14.0. The van der Waals surface area contributed by atoms with Crippen molar-refractivity contribution in [1.29, 1.82) is 0 Å². The largest absolute Gasteiger partial charge is 0.497 e. The highest BCUT2D eigenvalue weighted by Crippen LogP contribution is 2.18. The lowest BCUT2D eigenvalue weighted by Gasteiger charge is -2.22. The molecule has 0 amide bonds. The van der Waals surface area contributed by atoms with Crippen molar-refractivity contribution in [2.75, 3.05) is 7.11 Å². The van der Waals surface area contributed by atoms with Crippen LogP contribution in [0.15, 0.2) is 24.3 Å². The van der Waals surface area contributed by atoms with Crippen molar-refractivity contribution in [3.05, 3.63) is 29.8 Å². The first-order valence-electron chi connectivity index (χ1n) is 6.43. The van der Waals surface area contributed by atoms with Gasteiger partial charge in [-0.25, -0.2) is 0 Å². The molecule has 1 N–H and O–H groups in total. The topological polar surface area (TPSA) is 21.3 Å². The van der Waals surface area contributed by atoms with Gasteiger partial charge in [0.1, 0.15) is 5.75 Å². The molecule has 0 aliphatic heterocycles. The van der Waals surface area contributed by atoms with Crippen LogP contribution in [0.25, 0.3) is 0 Å². The van der Waals surface area contributed by atoms with Crippen molar-refractivity contribution >= 4 is 0 Å². The Morgan fingerprint density at radius 2 is 1.65 bits per heavy atom. The van der Waals surface area contributed by atoms with Crippen LogP contribution in [0, 0.1) is 5.92 Å². The molecule has 0 aliphatic rings. The van der Waals surface area contributed by atoms with Crippen molar-refractivity contribution in [2.24, 2.45) is 5.92 Å². The first-order valence-corrected chi connectivity index (χ1v) is 6.43. The third-order valence-corrected chi connectivity index (χ3v) is 2.98. The van der Waals surface area contributed by atoms with Gasteiger partial charge in [0.25, 0.3) is 0 Å². The van der Waals surface area contributed by atoms with E-state index < -0.39 is 0 Å². The summed E-state index contributed by atoms with van der Waals surface area (Å²) in [6.07, 6.45) is 1.21. The Kier molecular flexibility index (Phi) is 5.49. The van der Waals surface area contributed by atoms with Crippen molar-refractivity contribution in [1.82, 2.24) is 5.32 Å². The van der Waals surface area contributed by atoms with Crippen molar-refractivity contribution in [2.45, 2.75) is 46.2 Å². The zero-order valence-corrected chi connectivity index (χ0v) is 11.7. The molecule has 96 valence electrons. The minimum atomic E-state index is 0.384. The molecule has 0 saturated carbocycles. The van der Waals surface area contributed by atoms with Crippen molar-refractivity contribution in [3.63, 3.8) is 0 Å². The number of methoxy groups -OCH3 is 1. The summed E-state index contributed by atoms with van der Waals surface area (Å²) >= 11 is 0. The SMILES string of the molecule is COc1ccc([C@H](C)NC(C)CC(C)C)cc1. The zero-order valence-electron chi connectivity index (χ0n) is 11.7. The van der Waals surface area contributed by atoms with E-state index in [1.807, 2.05) is 12.1 Å². The summed E-state index contributed by atoms with van der Waals surface area (Å²) in [6.45, 7) is 8.98. The Hall–Kier alpha value is -1.02. The van der Waals surface area contributed by atoms with Gasteiger partial charge in [0.05, 0.1) is 7.11 Å². The summed E-state index contributed by atoms with van der Waals surface area (Å²) < 4.78 is 5.16. The van der Waals surface area contributed by atoms with Crippen molar-refractivity contribution in [3.8, 4) is 5.75 Å². The second-order valence-electron chi connectivity index (χ2n) is 5.19. The number of hydrogen-bond acceptors (Lipinski definition) is 2. The van der Waals surface area contributed by atoms with Gasteiger partial charge in [0.2, 0.25) is 0 Å². The highest BCUT2D eigenvalue weighted by molar-refractivity contribution is 5.28. The molecule has 1 unspecified atom stereocenters. The van der Waals surface area contributed by atoms with E-state index >= 15 is 0 Å². The van der Waals surface area contributed by atoms with Gasteiger partial charge in [0.15, 0.2) is 0 Å². The molecule has 1 aromatic rings. The fraction of sp³-hybridized carbons (Fsp3) is 0.600. The van der Waals surface area contributed by atoms with Crippen LogP contribution in [0.1, 0.15) is 45.7 Å². The lowest BCUT2D eigenvalue weighted by molar-refractivity contribution is 0.404. The fourth-order valence-corrected chi connectivity index (χ4v) is 2.19. The molecule has 2 heteroatoms. The molecule has 17 heavy (non-hydrogen) atoms. The molecule has 2 atom stereocenters. The predicted molar refractivity (Wildman–Crippen MR) is 73.5 cm³/mol. The Morgan fingerprint density at radius 3 is 2.12 bits per heavy atom. The van der Waals surface area contributed by atoms with E-state index in [0.29, 0.717) is 12.1 Å². The summed E-state index contributed by atoms with van der Waals surface area (Å²) in [4.78, 5) is 0. The molecule has 1 rings (SSSR count). The molecule has 0 radical (unpaired) electrons. The van der Waals surface area contributed by atoms with E-state index in [0.717, 1.165) is 11.7 Å². The maximum absolute atomic E-state index is 5.16. The van der Waals surface area contributed by atoms with E-state index in [1.54, 1.807) is 7.11 Å². The lowest BCUT2D eigenvalue weighted by atomic mass is 10.0.